The summed E-state index contributed by atoms with van der Waals surface area (Å²) in [4.78, 5) is 10.1. The number of carboxylic acid groups (broad SMARTS) is 1. The maximum atomic E-state index is 10.1. The lowest BCUT2D eigenvalue weighted by atomic mass is 10.1. The van der Waals surface area contributed by atoms with E-state index in [1.807, 2.05) is 12.1 Å². The smallest absolute Gasteiger partial charge is 0.327 e. The van der Waals surface area contributed by atoms with Crippen molar-refractivity contribution in [1.82, 2.24) is 0 Å². The van der Waals surface area contributed by atoms with Gasteiger partial charge in [0, 0.05) is 6.08 Å². The van der Waals surface area contributed by atoms with Gasteiger partial charge in [0.1, 0.15) is 5.75 Å². The predicted molar refractivity (Wildman–Crippen MR) is 53.2 cm³/mol. The van der Waals surface area contributed by atoms with Gasteiger partial charge in [0.05, 0.1) is 0 Å². The first-order valence-electron chi connectivity index (χ1n) is 4.36. The van der Waals surface area contributed by atoms with Gasteiger partial charge < -0.3 is 10.2 Å². The molecule has 3 nitrogen and oxygen atoms in total. The van der Waals surface area contributed by atoms with Gasteiger partial charge in [-0.25, -0.2) is 4.79 Å². The summed E-state index contributed by atoms with van der Waals surface area (Å²) in [6.45, 7) is 0. The predicted octanol–water partition coefficient (Wildman–Crippen LogP) is 1.97. The monoisotopic (exact) mass is 192 g/mol. The number of hydrogen-bond donors (Lipinski definition) is 2. The number of aromatic hydroxyl groups is 1. The van der Waals surface area contributed by atoms with Crippen molar-refractivity contribution >= 4 is 5.97 Å². The molecule has 0 aromatic heterocycles. The van der Waals surface area contributed by atoms with Crippen LogP contribution in [0, 0.1) is 0 Å². The fourth-order valence-corrected chi connectivity index (χ4v) is 1.10. The minimum Gasteiger partial charge on any atom is -0.508 e. The molecule has 2 N–H and O–H groups in total. The van der Waals surface area contributed by atoms with Gasteiger partial charge in [-0.05, 0) is 30.5 Å². The van der Waals surface area contributed by atoms with Crippen LogP contribution >= 0.6 is 0 Å². The normalized spacial score (nSPS) is 10.6. The van der Waals surface area contributed by atoms with E-state index in [1.165, 1.54) is 0 Å². The zero-order valence-corrected chi connectivity index (χ0v) is 7.68. The molecular weight excluding hydrogens is 180 g/mol. The molecular formula is C11H12O3. The minimum atomic E-state index is -0.921. The molecule has 0 amide bonds. The Labute approximate surface area is 82.3 Å². The molecule has 0 saturated carbocycles. The molecule has 0 aliphatic rings. The molecule has 0 bridgehead atoms. The molecule has 0 fully saturated rings. The van der Waals surface area contributed by atoms with Crippen LogP contribution in [0.2, 0.25) is 0 Å². The van der Waals surface area contributed by atoms with Crippen molar-refractivity contribution in [2.45, 2.75) is 12.8 Å². The summed E-state index contributed by atoms with van der Waals surface area (Å²) in [7, 11) is 0. The van der Waals surface area contributed by atoms with E-state index in [0.717, 1.165) is 18.1 Å². The van der Waals surface area contributed by atoms with Gasteiger partial charge in [0.15, 0.2) is 0 Å². The number of carboxylic acids is 1. The van der Waals surface area contributed by atoms with Crippen LogP contribution in [0.15, 0.2) is 36.4 Å². The van der Waals surface area contributed by atoms with Gasteiger partial charge in [-0.2, -0.15) is 0 Å². The van der Waals surface area contributed by atoms with Crippen LogP contribution in [-0.2, 0) is 11.2 Å². The highest BCUT2D eigenvalue weighted by Gasteiger charge is 1.92. The number of allylic oxidation sites excluding steroid dienone is 1. The van der Waals surface area contributed by atoms with Crippen LogP contribution in [0.3, 0.4) is 0 Å². The van der Waals surface area contributed by atoms with Crippen LogP contribution in [0.25, 0.3) is 0 Å². The third-order valence-corrected chi connectivity index (χ3v) is 1.80. The van der Waals surface area contributed by atoms with Gasteiger partial charge in [0.2, 0.25) is 0 Å². The first-order chi connectivity index (χ1) is 6.68. The van der Waals surface area contributed by atoms with Crippen molar-refractivity contribution in [2.75, 3.05) is 0 Å². The average Bonchev–Trinajstić information content (AvgIpc) is 2.15. The van der Waals surface area contributed by atoms with Crippen LogP contribution in [0.4, 0.5) is 0 Å². The highest BCUT2D eigenvalue weighted by Crippen LogP contribution is 2.11. The Morgan fingerprint density at radius 2 is 1.93 bits per heavy atom. The summed E-state index contributed by atoms with van der Waals surface area (Å²) in [5.41, 5.74) is 1.08. The lowest BCUT2D eigenvalue weighted by Gasteiger charge is -1.97. The first kappa shape index (κ1) is 10.3. The summed E-state index contributed by atoms with van der Waals surface area (Å²) >= 11 is 0. The Morgan fingerprint density at radius 1 is 1.29 bits per heavy atom. The first-order valence-corrected chi connectivity index (χ1v) is 4.36. The molecule has 14 heavy (non-hydrogen) atoms. The Bertz CT molecular complexity index is 325. The summed E-state index contributed by atoms with van der Waals surface area (Å²) in [5, 5.41) is 17.3. The zero-order chi connectivity index (χ0) is 10.4. The molecule has 3 heteroatoms. The highest BCUT2D eigenvalue weighted by atomic mass is 16.4. The number of hydrogen-bond acceptors (Lipinski definition) is 2. The van der Waals surface area contributed by atoms with Gasteiger partial charge in [-0.15, -0.1) is 0 Å². The third kappa shape index (κ3) is 3.76. The summed E-state index contributed by atoms with van der Waals surface area (Å²) in [6.07, 6.45) is 4.23. The van der Waals surface area contributed by atoms with Crippen molar-refractivity contribution in [2.24, 2.45) is 0 Å². The maximum Gasteiger partial charge on any atom is 0.327 e. The molecule has 0 aliphatic carbocycles. The van der Waals surface area contributed by atoms with Crippen LogP contribution in [0.1, 0.15) is 12.0 Å². The molecule has 0 spiro atoms. The molecule has 0 radical (unpaired) electrons. The molecule has 0 atom stereocenters. The molecule has 1 aromatic rings. The minimum absolute atomic E-state index is 0.245. The number of benzene rings is 1. The largest absolute Gasteiger partial charge is 0.508 e. The van der Waals surface area contributed by atoms with Gasteiger partial charge in [0.25, 0.3) is 0 Å². The van der Waals surface area contributed by atoms with Crippen molar-refractivity contribution < 1.29 is 15.0 Å². The second-order valence-electron chi connectivity index (χ2n) is 2.95. The third-order valence-electron chi connectivity index (χ3n) is 1.80. The molecule has 1 rings (SSSR count). The Balaban J connectivity index is 2.39. The molecule has 1 aromatic carbocycles. The number of aryl methyl sites for hydroxylation is 1. The maximum absolute atomic E-state index is 10.1. The SMILES string of the molecule is O=C(O)/C=C/CCc1ccc(O)cc1. The molecule has 74 valence electrons. The quantitative estimate of drug-likeness (QED) is 0.717. The second kappa shape index (κ2) is 5.07. The number of rotatable bonds is 4. The summed E-state index contributed by atoms with van der Waals surface area (Å²) in [5.74, 6) is -0.675. The van der Waals surface area contributed by atoms with Crippen molar-refractivity contribution in [3.63, 3.8) is 0 Å². The van der Waals surface area contributed by atoms with E-state index in [-0.39, 0.29) is 5.75 Å². The van der Waals surface area contributed by atoms with Crippen molar-refractivity contribution in [3.8, 4) is 5.75 Å². The Kier molecular flexibility index (Phi) is 3.73. The van der Waals surface area contributed by atoms with E-state index in [4.69, 9.17) is 10.2 Å². The molecule has 0 heterocycles. The van der Waals surface area contributed by atoms with E-state index >= 15 is 0 Å². The molecule has 0 unspecified atom stereocenters. The standard InChI is InChI=1S/C11H12O3/c12-10-7-5-9(6-8-10)3-1-2-4-11(13)14/h2,4-8,12H,1,3H2,(H,13,14)/b4-2+. The van der Waals surface area contributed by atoms with Crippen molar-refractivity contribution in [1.29, 1.82) is 0 Å². The van der Waals surface area contributed by atoms with E-state index in [0.29, 0.717) is 6.42 Å². The fourth-order valence-electron chi connectivity index (χ4n) is 1.10. The molecule has 0 aliphatic heterocycles. The van der Waals surface area contributed by atoms with Gasteiger partial charge >= 0.3 is 5.97 Å². The summed E-state index contributed by atoms with van der Waals surface area (Å²) < 4.78 is 0. The van der Waals surface area contributed by atoms with Crippen LogP contribution in [0.5, 0.6) is 5.75 Å². The average molecular weight is 192 g/mol. The van der Waals surface area contributed by atoms with Gasteiger partial charge in [-0.3, -0.25) is 0 Å². The summed E-state index contributed by atoms with van der Waals surface area (Å²) in [6, 6.07) is 6.89. The lowest BCUT2D eigenvalue weighted by molar-refractivity contribution is -0.131. The highest BCUT2D eigenvalue weighted by molar-refractivity contribution is 5.79. The van der Waals surface area contributed by atoms with Crippen LogP contribution < -0.4 is 0 Å². The number of phenolic OH excluding ortho intramolecular Hbond substituents is 1. The number of aliphatic carboxylic acids is 1. The Hall–Kier alpha value is -1.77. The fraction of sp³-hybridized carbons (Fsp3) is 0.182. The molecule has 0 saturated heterocycles. The van der Waals surface area contributed by atoms with E-state index < -0.39 is 5.97 Å². The number of phenols is 1. The Morgan fingerprint density at radius 3 is 2.50 bits per heavy atom. The zero-order valence-electron chi connectivity index (χ0n) is 7.68. The lowest BCUT2D eigenvalue weighted by Crippen LogP contribution is -1.87. The topological polar surface area (TPSA) is 57.5 Å². The van der Waals surface area contributed by atoms with E-state index in [9.17, 15) is 4.79 Å². The van der Waals surface area contributed by atoms with E-state index in [1.54, 1.807) is 18.2 Å². The van der Waals surface area contributed by atoms with Crippen molar-refractivity contribution in [3.05, 3.63) is 42.0 Å². The van der Waals surface area contributed by atoms with Crippen LogP contribution in [-0.4, -0.2) is 16.2 Å². The number of carbonyl (C=O) groups is 1. The van der Waals surface area contributed by atoms with Gasteiger partial charge in [-0.1, -0.05) is 18.2 Å². The second-order valence-corrected chi connectivity index (χ2v) is 2.95. The van der Waals surface area contributed by atoms with E-state index in [2.05, 4.69) is 0 Å².